The number of aryl methyl sites for hydroxylation is 1. The number of benzene rings is 1. The Morgan fingerprint density at radius 2 is 1.89 bits per heavy atom. The highest BCUT2D eigenvalue weighted by atomic mass is 35.5. The third kappa shape index (κ3) is 4.77. The van der Waals surface area contributed by atoms with E-state index in [1.165, 1.54) is 0 Å². The van der Waals surface area contributed by atoms with Gasteiger partial charge in [0.05, 0.1) is 40.4 Å². The number of amides is 1. The molecule has 5 rings (SSSR count). The first-order valence-electron chi connectivity index (χ1n) is 12.5. The number of nitrogens with one attached hydrogen (secondary N) is 2. The summed E-state index contributed by atoms with van der Waals surface area (Å²) in [6, 6.07) is 17.3. The third-order valence-electron chi connectivity index (χ3n) is 6.80. The number of thiocarbonyl (C=S) groups is 1. The van der Waals surface area contributed by atoms with Gasteiger partial charge in [-0.05, 0) is 80.2 Å². The average Bonchev–Trinajstić information content (AvgIpc) is 3.41. The van der Waals surface area contributed by atoms with Crippen LogP contribution in [-0.4, -0.2) is 25.6 Å². The molecule has 2 N–H and O–H groups in total. The number of aromatic nitrogens is 3. The number of carbonyl (C=O) groups excluding carboxylic acids is 1. The molecular formula is C29H29ClN6OS. The second kappa shape index (κ2) is 10.6. The van der Waals surface area contributed by atoms with Crippen molar-refractivity contribution in [2.24, 2.45) is 5.92 Å². The summed E-state index contributed by atoms with van der Waals surface area (Å²) >= 11 is 12.6. The minimum atomic E-state index is -0.193. The maximum Gasteiger partial charge on any atom is 0.226 e. The van der Waals surface area contributed by atoms with Crippen LogP contribution in [-0.2, 0) is 4.79 Å². The summed E-state index contributed by atoms with van der Waals surface area (Å²) in [5.74, 6) is -0.242. The van der Waals surface area contributed by atoms with E-state index in [1.54, 1.807) is 12.4 Å². The van der Waals surface area contributed by atoms with Crippen molar-refractivity contribution in [2.75, 3.05) is 10.2 Å². The van der Waals surface area contributed by atoms with Crippen molar-refractivity contribution in [1.82, 2.24) is 19.9 Å². The molecule has 4 aromatic rings. The van der Waals surface area contributed by atoms with Crippen molar-refractivity contribution in [3.8, 4) is 5.69 Å². The first-order chi connectivity index (χ1) is 18.3. The summed E-state index contributed by atoms with van der Waals surface area (Å²) in [6.45, 7) is 7.89. The largest absolute Gasteiger partial charge is 0.351 e. The second-order valence-corrected chi connectivity index (χ2v) is 10.5. The highest BCUT2D eigenvalue weighted by molar-refractivity contribution is 7.80. The number of hydrogen-bond donors (Lipinski definition) is 2. The number of nitrogens with zero attached hydrogens (tertiary/aromatic N) is 4. The topological polar surface area (TPSA) is 75.1 Å². The molecule has 4 heterocycles. The molecule has 0 radical (unpaired) electrons. The maximum absolute atomic E-state index is 12.3. The van der Waals surface area contributed by atoms with E-state index < -0.39 is 0 Å². The van der Waals surface area contributed by atoms with Gasteiger partial charge in [-0.15, -0.1) is 0 Å². The molecule has 2 unspecified atom stereocenters. The number of halogens is 1. The van der Waals surface area contributed by atoms with Crippen LogP contribution in [0.15, 0.2) is 73.2 Å². The van der Waals surface area contributed by atoms with Gasteiger partial charge in [-0.3, -0.25) is 14.8 Å². The predicted octanol–water partition coefficient (Wildman–Crippen LogP) is 6.31. The van der Waals surface area contributed by atoms with Crippen LogP contribution in [0.3, 0.4) is 0 Å². The Balaban J connectivity index is 1.61. The Kier molecular flexibility index (Phi) is 7.19. The summed E-state index contributed by atoms with van der Waals surface area (Å²) in [7, 11) is 0. The van der Waals surface area contributed by atoms with Gasteiger partial charge in [0.1, 0.15) is 0 Å². The summed E-state index contributed by atoms with van der Waals surface area (Å²) in [6.07, 6.45) is 5.43. The summed E-state index contributed by atoms with van der Waals surface area (Å²) in [4.78, 5) is 23.3. The summed E-state index contributed by atoms with van der Waals surface area (Å²) in [5.41, 5.74) is 6.57. The molecule has 9 heteroatoms. The molecule has 0 spiro atoms. The van der Waals surface area contributed by atoms with Crippen LogP contribution in [0.2, 0.25) is 5.02 Å². The highest BCUT2D eigenvalue weighted by Crippen LogP contribution is 2.44. The molecule has 1 amide bonds. The van der Waals surface area contributed by atoms with Crippen molar-refractivity contribution in [3.05, 3.63) is 101 Å². The van der Waals surface area contributed by atoms with Crippen LogP contribution in [0.5, 0.6) is 0 Å². The Bertz CT molecular complexity index is 1490. The molecule has 0 saturated carbocycles. The van der Waals surface area contributed by atoms with E-state index in [0.29, 0.717) is 15.8 Å². The van der Waals surface area contributed by atoms with Gasteiger partial charge in [-0.25, -0.2) is 0 Å². The first kappa shape index (κ1) is 25.9. The quantitative estimate of drug-likeness (QED) is 0.277. The number of pyridine rings is 2. The lowest BCUT2D eigenvalue weighted by Crippen LogP contribution is -2.29. The van der Waals surface area contributed by atoms with Crippen molar-refractivity contribution in [3.63, 3.8) is 0 Å². The zero-order valence-corrected chi connectivity index (χ0v) is 23.2. The molecule has 2 atom stereocenters. The highest BCUT2D eigenvalue weighted by Gasteiger charge is 2.42. The third-order valence-corrected chi connectivity index (χ3v) is 7.43. The Labute approximate surface area is 232 Å². The number of anilines is 2. The van der Waals surface area contributed by atoms with Crippen molar-refractivity contribution < 1.29 is 4.79 Å². The molecule has 1 fully saturated rings. The molecule has 0 bridgehead atoms. The Morgan fingerprint density at radius 1 is 1.08 bits per heavy atom. The van der Waals surface area contributed by atoms with Crippen LogP contribution in [0.25, 0.3) is 5.69 Å². The van der Waals surface area contributed by atoms with E-state index in [-0.39, 0.29) is 23.9 Å². The SMILES string of the molecule is Cc1cc(C2C(c3ccccn3)NC(=S)N2c2ccc(NC(=O)C(C)C)c(Cl)c2)c(C)n1-c1cccnc1. The van der Waals surface area contributed by atoms with Gasteiger partial charge in [-0.2, -0.15) is 0 Å². The van der Waals surface area contributed by atoms with Crippen LogP contribution >= 0.6 is 23.8 Å². The van der Waals surface area contributed by atoms with E-state index in [9.17, 15) is 4.79 Å². The first-order valence-corrected chi connectivity index (χ1v) is 13.2. The van der Waals surface area contributed by atoms with Crippen LogP contribution in [0.4, 0.5) is 11.4 Å². The molecule has 1 aliphatic rings. The number of rotatable bonds is 6. The molecular weight excluding hydrogens is 516 g/mol. The number of hydrogen-bond acceptors (Lipinski definition) is 4. The van der Waals surface area contributed by atoms with Gasteiger partial charge in [0, 0.05) is 35.4 Å². The average molecular weight is 545 g/mol. The maximum atomic E-state index is 12.3. The molecule has 7 nitrogen and oxygen atoms in total. The fraction of sp³-hybridized carbons (Fsp3) is 0.241. The fourth-order valence-electron chi connectivity index (χ4n) is 4.95. The smallest absolute Gasteiger partial charge is 0.226 e. The summed E-state index contributed by atoms with van der Waals surface area (Å²) < 4.78 is 2.20. The van der Waals surface area contributed by atoms with Crippen molar-refractivity contribution >= 4 is 46.2 Å². The minimum absolute atomic E-state index is 0.0889. The van der Waals surface area contributed by atoms with Crippen LogP contribution in [0, 0.1) is 19.8 Å². The normalized spacial score (nSPS) is 17.1. The molecule has 1 aliphatic heterocycles. The lowest BCUT2D eigenvalue weighted by molar-refractivity contribution is -0.118. The lowest BCUT2D eigenvalue weighted by Gasteiger charge is -2.28. The van der Waals surface area contributed by atoms with Gasteiger partial charge in [-0.1, -0.05) is 31.5 Å². The summed E-state index contributed by atoms with van der Waals surface area (Å²) in [5, 5.41) is 7.42. The molecule has 1 aromatic carbocycles. The van der Waals surface area contributed by atoms with Gasteiger partial charge >= 0.3 is 0 Å². The standard InChI is InChI=1S/C29H29ClN6OS/c1-17(2)28(37)33-24-11-10-20(15-23(24)30)36-27(26(34-29(36)38)25-9-5-6-13-32-25)22-14-18(3)35(19(22)4)21-8-7-12-31-16-21/h5-17,26-27H,1-4H3,(H,33,37)(H,34,38). The predicted molar refractivity (Wildman–Crippen MR) is 156 cm³/mol. The van der Waals surface area contributed by atoms with Crippen LogP contribution < -0.4 is 15.5 Å². The van der Waals surface area contributed by atoms with Crippen LogP contribution in [0.1, 0.15) is 48.6 Å². The Hall–Kier alpha value is -3.75. The zero-order valence-electron chi connectivity index (χ0n) is 21.6. The Morgan fingerprint density at radius 3 is 2.55 bits per heavy atom. The fourth-order valence-corrected chi connectivity index (χ4v) is 5.52. The van der Waals surface area contributed by atoms with Gasteiger partial charge in [0.15, 0.2) is 5.11 Å². The molecule has 1 saturated heterocycles. The van der Waals surface area contributed by atoms with Gasteiger partial charge in [0.2, 0.25) is 5.91 Å². The van der Waals surface area contributed by atoms with E-state index in [2.05, 4.69) is 50.0 Å². The van der Waals surface area contributed by atoms with Gasteiger partial charge in [0.25, 0.3) is 0 Å². The molecule has 3 aromatic heterocycles. The number of carbonyl (C=O) groups is 1. The molecule has 38 heavy (non-hydrogen) atoms. The molecule has 194 valence electrons. The van der Waals surface area contributed by atoms with Gasteiger partial charge < -0.3 is 20.1 Å². The monoisotopic (exact) mass is 544 g/mol. The lowest BCUT2D eigenvalue weighted by atomic mass is 9.96. The van der Waals surface area contributed by atoms with Crippen molar-refractivity contribution in [1.29, 1.82) is 0 Å². The van der Waals surface area contributed by atoms with E-state index >= 15 is 0 Å². The van der Waals surface area contributed by atoms with E-state index in [4.69, 9.17) is 23.8 Å². The minimum Gasteiger partial charge on any atom is -0.351 e. The second-order valence-electron chi connectivity index (χ2n) is 9.68. The van der Waals surface area contributed by atoms with E-state index in [0.717, 1.165) is 34.0 Å². The van der Waals surface area contributed by atoms with E-state index in [1.807, 2.05) is 68.6 Å². The molecule has 0 aliphatic carbocycles. The van der Waals surface area contributed by atoms with Crippen molar-refractivity contribution in [2.45, 2.75) is 39.8 Å². The zero-order chi connectivity index (χ0) is 27.0.